The van der Waals surface area contributed by atoms with Crippen LogP contribution in [0.15, 0.2) is 42.7 Å². The molecule has 0 aliphatic rings. The van der Waals surface area contributed by atoms with Gasteiger partial charge in [-0.2, -0.15) is 0 Å². The Morgan fingerprint density at radius 3 is 2.81 bits per heavy atom. The Balaban J connectivity index is 2.38. The van der Waals surface area contributed by atoms with E-state index in [0.29, 0.717) is 5.69 Å². The molecular weight excluding hydrogens is 266 g/mol. The molecule has 0 bridgehead atoms. The fourth-order valence-corrected chi connectivity index (χ4v) is 2.45. The first kappa shape index (κ1) is 13.3. The summed E-state index contributed by atoms with van der Waals surface area (Å²) in [5, 5.41) is 0. The van der Waals surface area contributed by atoms with Gasteiger partial charge >= 0.3 is 5.97 Å². The summed E-state index contributed by atoms with van der Waals surface area (Å²) in [5.74, 6) is -0.384. The number of rotatable bonds is 3. The Morgan fingerprint density at radius 1 is 1.29 bits per heavy atom. The zero-order chi connectivity index (χ0) is 14.8. The maximum atomic E-state index is 12.0. The van der Waals surface area contributed by atoms with Gasteiger partial charge < -0.3 is 4.74 Å². The molecule has 0 saturated carbocycles. The van der Waals surface area contributed by atoms with Crippen LogP contribution < -0.4 is 0 Å². The normalized spacial score (nSPS) is 10.8. The molecule has 0 N–H and O–H groups in total. The first-order chi connectivity index (χ1) is 10.3. The summed E-state index contributed by atoms with van der Waals surface area (Å²) in [6.07, 6.45) is 4.27. The fourth-order valence-electron chi connectivity index (χ4n) is 2.45. The lowest BCUT2D eigenvalue weighted by Gasteiger charge is -2.08. The van der Waals surface area contributed by atoms with E-state index in [0.717, 1.165) is 29.0 Å². The van der Waals surface area contributed by atoms with E-state index in [1.165, 1.54) is 7.11 Å². The van der Waals surface area contributed by atoms with Gasteiger partial charge in [-0.1, -0.05) is 13.0 Å². The van der Waals surface area contributed by atoms with Crippen molar-refractivity contribution in [1.29, 1.82) is 0 Å². The van der Waals surface area contributed by atoms with Crippen LogP contribution in [0.25, 0.3) is 16.9 Å². The molecule has 21 heavy (non-hydrogen) atoms. The van der Waals surface area contributed by atoms with E-state index in [4.69, 9.17) is 4.74 Å². The van der Waals surface area contributed by atoms with Crippen LogP contribution >= 0.6 is 0 Å². The van der Waals surface area contributed by atoms with E-state index in [-0.39, 0.29) is 5.97 Å². The maximum Gasteiger partial charge on any atom is 0.355 e. The average molecular weight is 281 g/mol. The molecule has 106 valence electrons. The predicted octanol–water partition coefficient (Wildman–Crippen LogP) is 2.75. The number of esters is 1. The summed E-state index contributed by atoms with van der Waals surface area (Å²) in [6, 6.07) is 9.25. The summed E-state index contributed by atoms with van der Waals surface area (Å²) in [5.41, 5.74) is 3.94. The van der Waals surface area contributed by atoms with E-state index in [1.807, 2.05) is 29.5 Å². The van der Waals surface area contributed by atoms with Crippen molar-refractivity contribution < 1.29 is 9.53 Å². The molecule has 5 heteroatoms. The number of aromatic nitrogens is 3. The van der Waals surface area contributed by atoms with E-state index < -0.39 is 0 Å². The molecule has 0 spiro atoms. The minimum atomic E-state index is -0.384. The third kappa shape index (κ3) is 2.16. The highest BCUT2D eigenvalue weighted by molar-refractivity contribution is 5.89. The molecule has 5 nitrogen and oxygen atoms in total. The predicted molar refractivity (Wildman–Crippen MR) is 79.1 cm³/mol. The molecule has 0 aromatic carbocycles. The smallest absolute Gasteiger partial charge is 0.355 e. The van der Waals surface area contributed by atoms with E-state index in [1.54, 1.807) is 24.5 Å². The van der Waals surface area contributed by atoms with Crippen molar-refractivity contribution in [3.8, 4) is 11.3 Å². The van der Waals surface area contributed by atoms with Crippen molar-refractivity contribution in [3.63, 3.8) is 0 Å². The van der Waals surface area contributed by atoms with Crippen LogP contribution in [0.3, 0.4) is 0 Å². The number of imidazole rings is 1. The van der Waals surface area contributed by atoms with Gasteiger partial charge in [-0.05, 0) is 30.7 Å². The van der Waals surface area contributed by atoms with Gasteiger partial charge in [0.2, 0.25) is 0 Å². The number of methoxy groups -OCH3 is 1. The molecule has 3 aromatic heterocycles. The third-order valence-electron chi connectivity index (χ3n) is 3.38. The minimum Gasteiger partial charge on any atom is -0.464 e. The van der Waals surface area contributed by atoms with Crippen molar-refractivity contribution >= 4 is 11.6 Å². The Morgan fingerprint density at radius 2 is 2.14 bits per heavy atom. The first-order valence-corrected chi connectivity index (χ1v) is 6.75. The lowest BCUT2D eigenvalue weighted by Crippen LogP contribution is -2.08. The van der Waals surface area contributed by atoms with Gasteiger partial charge in [0.15, 0.2) is 0 Å². The van der Waals surface area contributed by atoms with Crippen LogP contribution in [-0.4, -0.2) is 27.4 Å². The molecule has 0 amide bonds. The summed E-state index contributed by atoms with van der Waals surface area (Å²) in [7, 11) is 1.38. The lowest BCUT2D eigenvalue weighted by molar-refractivity contribution is 0.0592. The van der Waals surface area contributed by atoms with Crippen LogP contribution in [0.4, 0.5) is 0 Å². The second-order valence-corrected chi connectivity index (χ2v) is 4.60. The first-order valence-electron chi connectivity index (χ1n) is 6.75. The summed E-state index contributed by atoms with van der Waals surface area (Å²) < 4.78 is 6.71. The Kier molecular flexibility index (Phi) is 3.39. The van der Waals surface area contributed by atoms with Gasteiger partial charge in [-0.15, -0.1) is 0 Å². The Labute approximate surface area is 122 Å². The number of carbonyl (C=O) groups excluding carboxylic acids is 1. The van der Waals surface area contributed by atoms with E-state index in [9.17, 15) is 4.79 Å². The molecule has 0 radical (unpaired) electrons. The van der Waals surface area contributed by atoms with Crippen LogP contribution in [-0.2, 0) is 11.2 Å². The number of hydrogen-bond donors (Lipinski definition) is 0. The van der Waals surface area contributed by atoms with Gasteiger partial charge in [0.1, 0.15) is 11.3 Å². The van der Waals surface area contributed by atoms with Crippen molar-refractivity contribution in [3.05, 3.63) is 54.1 Å². The lowest BCUT2D eigenvalue weighted by atomic mass is 10.1. The van der Waals surface area contributed by atoms with Crippen LogP contribution in [0.5, 0.6) is 0 Å². The molecule has 0 saturated heterocycles. The number of fused-ring (bicyclic) bond motifs is 1. The monoisotopic (exact) mass is 281 g/mol. The number of nitrogens with zero attached hydrogens (tertiary/aromatic N) is 3. The highest BCUT2D eigenvalue weighted by Crippen LogP contribution is 2.26. The quantitative estimate of drug-likeness (QED) is 0.693. The molecule has 0 fully saturated rings. The highest BCUT2D eigenvalue weighted by atomic mass is 16.5. The Bertz CT molecular complexity index is 794. The van der Waals surface area contributed by atoms with Gasteiger partial charge in [0.25, 0.3) is 0 Å². The highest BCUT2D eigenvalue weighted by Gasteiger charge is 2.18. The second-order valence-electron chi connectivity index (χ2n) is 4.60. The molecule has 0 unspecified atom stereocenters. The molecule has 3 aromatic rings. The molecule has 0 atom stereocenters. The molecule has 0 aliphatic heterocycles. The molecule has 3 rings (SSSR count). The molecular formula is C16H15N3O2. The topological polar surface area (TPSA) is 56.5 Å². The van der Waals surface area contributed by atoms with Crippen molar-refractivity contribution in [1.82, 2.24) is 14.4 Å². The van der Waals surface area contributed by atoms with Gasteiger partial charge in [-0.3, -0.25) is 9.38 Å². The van der Waals surface area contributed by atoms with Gasteiger partial charge in [-0.25, -0.2) is 9.78 Å². The largest absolute Gasteiger partial charge is 0.464 e. The van der Waals surface area contributed by atoms with Gasteiger partial charge in [0, 0.05) is 18.0 Å². The zero-order valence-electron chi connectivity index (χ0n) is 11.9. The maximum absolute atomic E-state index is 12.0. The summed E-state index contributed by atoms with van der Waals surface area (Å²) >= 11 is 0. The fraction of sp³-hybridized carbons (Fsp3) is 0.188. The SMILES string of the molecule is CCc1nc2cccc(C(=O)OC)n2c1-c1cccnc1. The minimum absolute atomic E-state index is 0.384. The van der Waals surface area contributed by atoms with Crippen molar-refractivity contribution in [2.24, 2.45) is 0 Å². The number of ether oxygens (including phenoxy) is 1. The van der Waals surface area contributed by atoms with Crippen molar-refractivity contribution in [2.45, 2.75) is 13.3 Å². The van der Waals surface area contributed by atoms with Crippen molar-refractivity contribution in [2.75, 3.05) is 7.11 Å². The standard InChI is InChI=1S/C16H15N3O2/c1-3-12-15(11-6-5-9-17-10-11)19-13(16(20)21-2)7-4-8-14(19)18-12/h4-10H,3H2,1-2H3. The van der Waals surface area contributed by atoms with Crippen LogP contribution in [0.1, 0.15) is 23.1 Å². The summed E-state index contributed by atoms with van der Waals surface area (Å²) in [6.45, 7) is 2.04. The third-order valence-corrected chi connectivity index (χ3v) is 3.38. The molecule has 0 aliphatic carbocycles. The van der Waals surface area contributed by atoms with Crippen LogP contribution in [0.2, 0.25) is 0 Å². The number of aryl methyl sites for hydroxylation is 1. The van der Waals surface area contributed by atoms with Gasteiger partial charge in [0.05, 0.1) is 18.5 Å². The molecule has 3 heterocycles. The number of hydrogen-bond acceptors (Lipinski definition) is 4. The summed E-state index contributed by atoms with van der Waals surface area (Å²) in [4.78, 5) is 20.8. The Hall–Kier alpha value is -2.69. The van der Waals surface area contributed by atoms with E-state index >= 15 is 0 Å². The number of pyridine rings is 2. The van der Waals surface area contributed by atoms with Crippen LogP contribution in [0, 0.1) is 0 Å². The number of carbonyl (C=O) groups is 1. The van der Waals surface area contributed by atoms with E-state index in [2.05, 4.69) is 9.97 Å². The average Bonchev–Trinajstić information content (AvgIpc) is 2.93. The zero-order valence-corrected chi connectivity index (χ0v) is 11.9. The second kappa shape index (κ2) is 5.36.